The van der Waals surface area contributed by atoms with Crippen LogP contribution in [0.3, 0.4) is 0 Å². The van der Waals surface area contributed by atoms with Crippen molar-refractivity contribution in [2.45, 2.75) is 12.5 Å². The van der Waals surface area contributed by atoms with Gasteiger partial charge in [0.1, 0.15) is 11.3 Å². The quantitative estimate of drug-likeness (QED) is 0.647. The number of aliphatic hydroxyl groups is 1. The molecule has 0 saturated heterocycles. The lowest BCUT2D eigenvalue weighted by Crippen LogP contribution is -2.30. The van der Waals surface area contributed by atoms with Crippen LogP contribution in [0.15, 0.2) is 30.6 Å². The van der Waals surface area contributed by atoms with Crippen molar-refractivity contribution in [3.8, 4) is 0 Å². The fourth-order valence-corrected chi connectivity index (χ4v) is 1.91. The second kappa shape index (κ2) is 5.49. The zero-order valence-corrected chi connectivity index (χ0v) is 11.6. The van der Waals surface area contributed by atoms with Gasteiger partial charge in [-0.05, 0) is 19.1 Å². The summed E-state index contributed by atoms with van der Waals surface area (Å²) < 4.78 is 15.0. The lowest BCUT2D eigenvalue weighted by Gasteiger charge is -2.22. The molecule has 1 unspecified atom stereocenters. The lowest BCUT2D eigenvalue weighted by molar-refractivity contribution is -0.386. The molecule has 21 heavy (non-hydrogen) atoms. The van der Waals surface area contributed by atoms with Crippen molar-refractivity contribution in [3.05, 3.63) is 52.1 Å². The molecule has 0 aliphatic heterocycles. The highest BCUT2D eigenvalue weighted by atomic mass is 19.1. The Morgan fingerprint density at radius 1 is 1.57 bits per heavy atom. The fraction of sp³-hybridized carbons (Fsp3) is 0.308. The highest BCUT2D eigenvalue weighted by Gasteiger charge is 2.27. The van der Waals surface area contributed by atoms with E-state index < -0.39 is 22.0 Å². The van der Waals surface area contributed by atoms with E-state index in [2.05, 4.69) is 10.4 Å². The highest BCUT2D eigenvalue weighted by Crippen LogP contribution is 2.29. The number of aromatic nitrogens is 2. The standard InChI is InChI=1S/C13H15FN4O3/c1-13(19,9-6-16-17(2)7-9)8-15-11-5-3-4-10(14)12(11)18(20)21/h3-7,15,19H,8H2,1-2H3. The number of rotatable bonds is 5. The number of benzene rings is 1. The average molecular weight is 294 g/mol. The van der Waals surface area contributed by atoms with E-state index in [1.165, 1.54) is 23.0 Å². The molecule has 2 aromatic rings. The van der Waals surface area contributed by atoms with E-state index >= 15 is 0 Å². The minimum absolute atomic E-state index is 0.0177. The monoisotopic (exact) mass is 294 g/mol. The van der Waals surface area contributed by atoms with Crippen LogP contribution in [-0.2, 0) is 12.6 Å². The Hall–Kier alpha value is -2.48. The molecule has 0 saturated carbocycles. The Bertz CT molecular complexity index is 669. The van der Waals surface area contributed by atoms with Crippen molar-refractivity contribution < 1.29 is 14.4 Å². The van der Waals surface area contributed by atoms with Gasteiger partial charge in [0, 0.05) is 25.4 Å². The summed E-state index contributed by atoms with van der Waals surface area (Å²) in [5.41, 5.74) is -1.37. The van der Waals surface area contributed by atoms with Crippen LogP contribution >= 0.6 is 0 Å². The fourth-order valence-electron chi connectivity index (χ4n) is 1.91. The largest absolute Gasteiger partial charge is 0.383 e. The maximum absolute atomic E-state index is 13.5. The third-order valence-corrected chi connectivity index (χ3v) is 3.12. The summed E-state index contributed by atoms with van der Waals surface area (Å²) >= 11 is 0. The number of hydrogen-bond donors (Lipinski definition) is 2. The molecule has 2 rings (SSSR count). The molecule has 0 spiro atoms. The molecule has 1 atom stereocenters. The highest BCUT2D eigenvalue weighted by molar-refractivity contribution is 5.62. The summed E-state index contributed by atoms with van der Waals surface area (Å²) in [5.74, 6) is -0.925. The predicted octanol–water partition coefficient (Wildman–Crippen LogP) is 1.79. The first-order valence-electron chi connectivity index (χ1n) is 6.19. The van der Waals surface area contributed by atoms with Crippen LogP contribution in [0.25, 0.3) is 0 Å². The Balaban J connectivity index is 2.20. The van der Waals surface area contributed by atoms with Crippen LogP contribution < -0.4 is 5.32 Å². The van der Waals surface area contributed by atoms with Crippen molar-refractivity contribution in [2.24, 2.45) is 7.05 Å². The Kier molecular flexibility index (Phi) is 3.90. The summed E-state index contributed by atoms with van der Waals surface area (Å²) in [6.45, 7) is 1.52. The molecule has 0 amide bonds. The van der Waals surface area contributed by atoms with E-state index in [0.29, 0.717) is 5.56 Å². The number of hydrogen-bond acceptors (Lipinski definition) is 5. The van der Waals surface area contributed by atoms with Crippen LogP contribution in [0, 0.1) is 15.9 Å². The number of para-hydroxylation sites is 1. The molecule has 0 radical (unpaired) electrons. The Labute approximate surface area is 120 Å². The zero-order valence-electron chi connectivity index (χ0n) is 11.6. The first-order chi connectivity index (χ1) is 9.81. The molecular weight excluding hydrogens is 279 g/mol. The summed E-state index contributed by atoms with van der Waals surface area (Å²) in [4.78, 5) is 10.1. The molecule has 1 aromatic heterocycles. The SMILES string of the molecule is Cn1cc(C(C)(O)CNc2cccc(F)c2[N+](=O)[O-])cn1. The van der Waals surface area contributed by atoms with Crippen LogP contribution in [-0.4, -0.2) is 26.4 Å². The van der Waals surface area contributed by atoms with Crippen LogP contribution in [0.5, 0.6) is 0 Å². The van der Waals surface area contributed by atoms with E-state index in [1.807, 2.05) is 0 Å². The van der Waals surface area contributed by atoms with Gasteiger partial charge in [-0.15, -0.1) is 0 Å². The van der Waals surface area contributed by atoms with Gasteiger partial charge in [-0.1, -0.05) is 6.07 Å². The smallest absolute Gasteiger partial charge is 0.327 e. The topological polar surface area (TPSA) is 93.2 Å². The van der Waals surface area contributed by atoms with Gasteiger partial charge in [-0.3, -0.25) is 14.8 Å². The zero-order chi connectivity index (χ0) is 15.6. The molecule has 0 bridgehead atoms. The van der Waals surface area contributed by atoms with E-state index in [0.717, 1.165) is 6.07 Å². The molecule has 112 valence electrons. The lowest BCUT2D eigenvalue weighted by atomic mass is 9.99. The summed E-state index contributed by atoms with van der Waals surface area (Å²) in [6, 6.07) is 3.77. The number of halogens is 1. The molecule has 7 nitrogen and oxygen atoms in total. The van der Waals surface area contributed by atoms with Crippen molar-refractivity contribution in [1.29, 1.82) is 0 Å². The van der Waals surface area contributed by atoms with Crippen molar-refractivity contribution in [2.75, 3.05) is 11.9 Å². The van der Waals surface area contributed by atoms with Gasteiger partial charge in [0.25, 0.3) is 0 Å². The first-order valence-corrected chi connectivity index (χ1v) is 6.19. The first kappa shape index (κ1) is 14.9. The van der Waals surface area contributed by atoms with Crippen LogP contribution in [0.2, 0.25) is 0 Å². The third kappa shape index (κ3) is 3.16. The van der Waals surface area contributed by atoms with Gasteiger partial charge in [0.2, 0.25) is 5.82 Å². The van der Waals surface area contributed by atoms with Crippen LogP contribution in [0.4, 0.5) is 15.8 Å². The van der Waals surface area contributed by atoms with E-state index in [1.54, 1.807) is 20.2 Å². The minimum Gasteiger partial charge on any atom is -0.383 e. The Morgan fingerprint density at radius 2 is 2.29 bits per heavy atom. The molecule has 2 N–H and O–H groups in total. The normalized spacial score (nSPS) is 13.7. The van der Waals surface area contributed by atoms with E-state index in [9.17, 15) is 19.6 Å². The maximum Gasteiger partial charge on any atom is 0.327 e. The second-order valence-electron chi connectivity index (χ2n) is 4.92. The summed E-state index contributed by atoms with van der Waals surface area (Å²) in [7, 11) is 1.71. The predicted molar refractivity (Wildman–Crippen MR) is 74.3 cm³/mol. The molecule has 1 heterocycles. The molecule has 0 aliphatic carbocycles. The molecule has 0 aliphatic rings. The summed E-state index contributed by atoms with van der Waals surface area (Å²) in [5, 5.41) is 27.9. The minimum atomic E-state index is -1.30. The number of anilines is 1. The van der Waals surface area contributed by atoms with Gasteiger partial charge in [0.05, 0.1) is 11.1 Å². The van der Waals surface area contributed by atoms with Crippen molar-refractivity contribution in [1.82, 2.24) is 9.78 Å². The molecular formula is C13H15FN4O3. The van der Waals surface area contributed by atoms with Gasteiger partial charge < -0.3 is 10.4 Å². The number of nitrogens with one attached hydrogen (secondary N) is 1. The van der Waals surface area contributed by atoms with E-state index in [4.69, 9.17) is 0 Å². The summed E-state index contributed by atoms with van der Waals surface area (Å²) in [6.07, 6.45) is 3.14. The third-order valence-electron chi connectivity index (χ3n) is 3.12. The van der Waals surface area contributed by atoms with Gasteiger partial charge in [0.15, 0.2) is 0 Å². The number of nitro benzene ring substituents is 1. The second-order valence-corrected chi connectivity index (χ2v) is 4.92. The molecule has 1 aromatic carbocycles. The van der Waals surface area contributed by atoms with Gasteiger partial charge >= 0.3 is 5.69 Å². The number of nitro groups is 1. The molecule has 0 fully saturated rings. The van der Waals surface area contributed by atoms with Gasteiger partial charge in [-0.25, -0.2) is 0 Å². The number of nitrogens with zero attached hydrogens (tertiary/aromatic N) is 3. The van der Waals surface area contributed by atoms with Crippen LogP contribution in [0.1, 0.15) is 12.5 Å². The average Bonchev–Trinajstić information content (AvgIpc) is 2.83. The molecule has 8 heteroatoms. The van der Waals surface area contributed by atoms with Crippen molar-refractivity contribution >= 4 is 11.4 Å². The van der Waals surface area contributed by atoms with Crippen molar-refractivity contribution in [3.63, 3.8) is 0 Å². The number of aryl methyl sites for hydroxylation is 1. The maximum atomic E-state index is 13.5. The Morgan fingerprint density at radius 3 is 2.86 bits per heavy atom. The van der Waals surface area contributed by atoms with Gasteiger partial charge in [-0.2, -0.15) is 9.49 Å². The van der Waals surface area contributed by atoms with E-state index in [-0.39, 0.29) is 12.2 Å².